The second kappa shape index (κ2) is 7.12. The molecule has 1 aliphatic heterocycles. The first-order valence-corrected chi connectivity index (χ1v) is 13.3. The number of nitrogens with one attached hydrogen (secondary N) is 1. The van der Waals surface area contributed by atoms with E-state index >= 15 is 0 Å². The molecule has 0 saturated carbocycles. The molecule has 0 fully saturated rings. The second-order valence-electron chi connectivity index (χ2n) is 7.13. The summed E-state index contributed by atoms with van der Waals surface area (Å²) in [5.74, 6) is -0.0730. The summed E-state index contributed by atoms with van der Waals surface area (Å²) in [5.41, 5.74) is 1.66. The number of H-pyrrole nitrogens is 1. The van der Waals surface area contributed by atoms with Crippen LogP contribution in [0.1, 0.15) is 4.88 Å². The van der Waals surface area contributed by atoms with Gasteiger partial charge in [0.2, 0.25) is 0 Å². The molecule has 0 radical (unpaired) electrons. The molecular formula is C21H17N3O4S3. The van der Waals surface area contributed by atoms with Gasteiger partial charge in [0.25, 0.3) is 10.0 Å². The number of hydrogen-bond donors (Lipinski definition) is 3. The summed E-state index contributed by atoms with van der Waals surface area (Å²) in [7, 11) is -7.07. The molecule has 0 amide bonds. The van der Waals surface area contributed by atoms with Gasteiger partial charge in [0.1, 0.15) is 10.9 Å². The number of thiophene rings is 1. The van der Waals surface area contributed by atoms with E-state index in [0.29, 0.717) is 16.0 Å². The molecule has 4 aromatic rings. The monoisotopic (exact) mass is 471 g/mol. The summed E-state index contributed by atoms with van der Waals surface area (Å²) in [5, 5.41) is 9.92. The number of sulfonamides is 1. The number of aromatic nitrogens is 1. The quantitative estimate of drug-likeness (QED) is 0.385. The van der Waals surface area contributed by atoms with Gasteiger partial charge in [-0.3, -0.25) is 13.4 Å². The average Bonchev–Trinajstić information content (AvgIpc) is 3.40. The lowest BCUT2D eigenvalue weighted by atomic mass is 10.1. The summed E-state index contributed by atoms with van der Waals surface area (Å²) in [6.07, 6.45) is 0. The maximum Gasteiger partial charge on any atom is 0.279 e. The molecule has 0 bridgehead atoms. The van der Waals surface area contributed by atoms with E-state index in [2.05, 4.69) is 11.1 Å². The minimum atomic E-state index is -3.97. The lowest BCUT2D eigenvalue weighted by Crippen LogP contribution is -2.38. The number of nitrogens with zero attached hydrogens (tertiary/aromatic N) is 2. The van der Waals surface area contributed by atoms with Crippen LogP contribution in [0.4, 0.5) is 5.69 Å². The van der Waals surface area contributed by atoms with E-state index in [1.807, 2.05) is 18.2 Å². The Hall–Kier alpha value is -2.81. The van der Waals surface area contributed by atoms with Gasteiger partial charge in [-0.2, -0.15) is 24.3 Å². The van der Waals surface area contributed by atoms with E-state index in [1.165, 1.54) is 15.6 Å². The van der Waals surface area contributed by atoms with Crippen molar-refractivity contribution < 1.29 is 17.5 Å². The number of hydrogen-bond acceptors (Lipinski definition) is 6. The van der Waals surface area contributed by atoms with Crippen LogP contribution in [-0.4, -0.2) is 34.8 Å². The molecule has 10 heteroatoms. The highest BCUT2D eigenvalue weighted by Gasteiger charge is 2.36. The molecule has 158 valence electrons. The van der Waals surface area contributed by atoms with Crippen molar-refractivity contribution in [1.29, 1.82) is 5.26 Å². The van der Waals surface area contributed by atoms with Crippen LogP contribution in [0.15, 0.2) is 70.6 Å². The third-order valence-electron chi connectivity index (χ3n) is 5.23. The first-order chi connectivity index (χ1) is 14.8. The fraction of sp³-hybridized carbons (Fsp3) is 0.0952. The number of fused-ring (bicyclic) bond motifs is 2. The van der Waals surface area contributed by atoms with Gasteiger partial charge in [-0.15, -0.1) is 11.3 Å². The van der Waals surface area contributed by atoms with Gasteiger partial charge in [-0.1, -0.05) is 24.3 Å². The van der Waals surface area contributed by atoms with Crippen LogP contribution < -0.4 is 4.31 Å². The van der Waals surface area contributed by atoms with Crippen molar-refractivity contribution in [2.45, 2.75) is 9.92 Å². The van der Waals surface area contributed by atoms with Crippen LogP contribution >= 0.6 is 21.9 Å². The number of benzene rings is 2. The van der Waals surface area contributed by atoms with Crippen LogP contribution in [-0.2, 0) is 10.0 Å². The van der Waals surface area contributed by atoms with Gasteiger partial charge < -0.3 is 4.98 Å². The molecular weight excluding hydrogens is 454 g/mol. The van der Waals surface area contributed by atoms with E-state index in [0.717, 1.165) is 10.3 Å². The molecule has 0 atom stereocenters. The average molecular weight is 472 g/mol. The topological polar surface area (TPSA) is 117 Å². The summed E-state index contributed by atoms with van der Waals surface area (Å²) in [6, 6.07) is 19.4. The lowest BCUT2D eigenvalue weighted by molar-refractivity contribution is 0.484. The number of anilines is 1. The minimum Gasteiger partial charge on any atom is -0.344 e. The molecule has 31 heavy (non-hydrogen) atoms. The Morgan fingerprint density at radius 1 is 1.10 bits per heavy atom. The fourth-order valence-electron chi connectivity index (χ4n) is 3.69. The predicted octanol–water partition coefficient (Wildman–Crippen LogP) is 5.09. The van der Waals surface area contributed by atoms with Crippen molar-refractivity contribution in [3.63, 3.8) is 0 Å². The highest BCUT2D eigenvalue weighted by atomic mass is 32.3. The zero-order valence-corrected chi connectivity index (χ0v) is 18.5. The van der Waals surface area contributed by atoms with Crippen LogP contribution in [0.3, 0.4) is 0 Å². The maximum absolute atomic E-state index is 13.5. The third-order valence-corrected chi connectivity index (χ3v) is 9.81. The Labute approximate surface area is 184 Å². The Kier molecular flexibility index (Phi) is 4.62. The zero-order valence-electron chi connectivity index (χ0n) is 16.0. The Morgan fingerprint density at radius 2 is 1.90 bits per heavy atom. The van der Waals surface area contributed by atoms with Crippen LogP contribution in [0.2, 0.25) is 0 Å². The summed E-state index contributed by atoms with van der Waals surface area (Å²) in [6.45, 7) is -0.0512. The normalized spacial score (nSPS) is 16.6. The summed E-state index contributed by atoms with van der Waals surface area (Å²) in [4.78, 5) is 4.50. The van der Waals surface area contributed by atoms with E-state index in [9.17, 15) is 17.5 Å². The standard InChI is InChI=1S/C21H17N3O4S3/c22-13-16-6-7-19(29-16)15-5-8-20-18(11-15)24(9-10-30(20,25)26)31(27,28)21-12-14-3-1-2-4-17(14)23-21/h1-8,11-12,23,25-26H,9-10H2. The highest BCUT2D eigenvalue weighted by molar-refractivity contribution is 8.24. The van der Waals surface area contributed by atoms with Crippen molar-refractivity contribution >= 4 is 48.5 Å². The van der Waals surface area contributed by atoms with Crippen LogP contribution in [0.25, 0.3) is 21.3 Å². The number of para-hydroxylation sites is 1. The Balaban J connectivity index is 1.65. The van der Waals surface area contributed by atoms with E-state index in [-0.39, 0.29) is 27.9 Å². The molecule has 3 heterocycles. The van der Waals surface area contributed by atoms with Crippen molar-refractivity contribution in [3.8, 4) is 16.5 Å². The molecule has 2 aromatic carbocycles. The molecule has 3 N–H and O–H groups in total. The molecule has 1 aliphatic rings. The van der Waals surface area contributed by atoms with E-state index in [4.69, 9.17) is 5.26 Å². The van der Waals surface area contributed by atoms with Crippen molar-refractivity contribution in [1.82, 2.24) is 4.98 Å². The molecule has 0 saturated heterocycles. The van der Waals surface area contributed by atoms with Crippen LogP contribution in [0, 0.1) is 11.3 Å². The van der Waals surface area contributed by atoms with Crippen molar-refractivity contribution in [2.24, 2.45) is 0 Å². The first kappa shape index (κ1) is 20.1. The number of aromatic amines is 1. The van der Waals surface area contributed by atoms with Crippen LogP contribution in [0.5, 0.6) is 0 Å². The maximum atomic E-state index is 13.5. The van der Waals surface area contributed by atoms with Gasteiger partial charge in [0, 0.05) is 15.8 Å². The SMILES string of the molecule is N#Cc1ccc(-c2ccc3c(c2)N(S(=O)(=O)c2cc4ccccc4[nH]2)CCS3(O)O)s1. The van der Waals surface area contributed by atoms with Gasteiger partial charge >= 0.3 is 0 Å². The molecule has 0 unspecified atom stereocenters. The number of rotatable bonds is 3. The van der Waals surface area contributed by atoms with E-state index < -0.39 is 20.6 Å². The van der Waals surface area contributed by atoms with Gasteiger partial charge in [-0.25, -0.2) is 0 Å². The Morgan fingerprint density at radius 3 is 2.65 bits per heavy atom. The lowest BCUT2D eigenvalue weighted by Gasteiger charge is -2.42. The molecule has 0 aliphatic carbocycles. The predicted molar refractivity (Wildman–Crippen MR) is 123 cm³/mol. The minimum absolute atomic E-state index is 0.0475. The molecule has 0 spiro atoms. The van der Waals surface area contributed by atoms with Gasteiger partial charge in [0.15, 0.2) is 5.03 Å². The molecule has 2 aromatic heterocycles. The summed E-state index contributed by atoms with van der Waals surface area (Å²) < 4.78 is 49.4. The van der Waals surface area contributed by atoms with Crippen molar-refractivity contribution in [3.05, 3.63) is 65.5 Å². The van der Waals surface area contributed by atoms with Gasteiger partial charge in [-0.05, 0) is 42.0 Å². The second-order valence-corrected chi connectivity index (χ2v) is 12.2. The van der Waals surface area contributed by atoms with E-state index in [1.54, 1.807) is 42.5 Å². The number of nitriles is 1. The smallest absolute Gasteiger partial charge is 0.279 e. The van der Waals surface area contributed by atoms with Gasteiger partial charge in [0.05, 0.1) is 22.9 Å². The fourth-order valence-corrected chi connectivity index (χ4v) is 7.60. The van der Waals surface area contributed by atoms with Crippen molar-refractivity contribution in [2.75, 3.05) is 16.6 Å². The third kappa shape index (κ3) is 3.31. The Bertz CT molecular complexity index is 1430. The first-order valence-electron chi connectivity index (χ1n) is 9.30. The molecule has 7 nitrogen and oxygen atoms in total. The highest BCUT2D eigenvalue weighted by Crippen LogP contribution is 2.56. The summed E-state index contributed by atoms with van der Waals surface area (Å²) >= 11 is 1.29. The largest absolute Gasteiger partial charge is 0.344 e. The zero-order chi connectivity index (χ0) is 21.8. The molecule has 5 rings (SSSR count).